The molecule has 3 aliphatic rings. The number of hydrogen-bond acceptors (Lipinski definition) is 3. The van der Waals surface area contributed by atoms with Gasteiger partial charge in [0.2, 0.25) is 0 Å². The van der Waals surface area contributed by atoms with E-state index in [1.807, 2.05) is 41.3 Å². The molecule has 1 heterocycles. The highest BCUT2D eigenvalue weighted by molar-refractivity contribution is 5.69. The van der Waals surface area contributed by atoms with Gasteiger partial charge in [0.15, 0.2) is 0 Å². The predicted molar refractivity (Wildman–Crippen MR) is 107 cm³/mol. The molecule has 4 heteroatoms. The van der Waals surface area contributed by atoms with Crippen LogP contribution in [0.2, 0.25) is 0 Å². The zero-order chi connectivity index (χ0) is 19.1. The van der Waals surface area contributed by atoms with Crippen molar-refractivity contribution in [1.82, 2.24) is 4.90 Å². The molecule has 0 unspecified atom stereocenters. The first-order valence-electron chi connectivity index (χ1n) is 10.5. The minimum Gasteiger partial charge on any atom is -0.508 e. The van der Waals surface area contributed by atoms with Crippen LogP contribution in [-0.4, -0.2) is 28.7 Å². The van der Waals surface area contributed by atoms with Crippen molar-refractivity contribution in [3.05, 3.63) is 65.2 Å². The van der Waals surface area contributed by atoms with Crippen LogP contribution < -0.4 is 0 Å². The first-order valence-corrected chi connectivity index (χ1v) is 10.5. The lowest BCUT2D eigenvalue weighted by Crippen LogP contribution is -2.62. The van der Waals surface area contributed by atoms with Gasteiger partial charge in [-0.05, 0) is 60.4 Å². The number of carbonyl (C=O) groups excluding carboxylic acids is 1. The number of fused-ring (bicyclic) bond motifs is 1. The molecule has 1 saturated heterocycles. The molecule has 1 N–H and O–H groups in total. The van der Waals surface area contributed by atoms with Crippen LogP contribution >= 0.6 is 0 Å². The molecule has 5 rings (SSSR count). The van der Waals surface area contributed by atoms with E-state index in [-0.39, 0.29) is 17.6 Å². The minimum absolute atomic E-state index is 0.117. The van der Waals surface area contributed by atoms with E-state index in [0.717, 1.165) is 37.8 Å². The van der Waals surface area contributed by atoms with E-state index >= 15 is 0 Å². The van der Waals surface area contributed by atoms with Crippen LogP contribution in [-0.2, 0) is 23.2 Å². The number of hydrogen-bond donors (Lipinski definition) is 1. The molecule has 0 spiro atoms. The summed E-state index contributed by atoms with van der Waals surface area (Å²) in [4.78, 5) is 15.0. The molecule has 0 radical (unpaired) electrons. The molecule has 1 aliphatic heterocycles. The molecular weight excluding hydrogens is 350 g/mol. The second-order valence-corrected chi connectivity index (χ2v) is 8.60. The molecular formula is C24H27NO3. The molecule has 2 bridgehead atoms. The number of piperidine rings is 1. The van der Waals surface area contributed by atoms with Crippen LogP contribution in [0.3, 0.4) is 0 Å². The summed E-state index contributed by atoms with van der Waals surface area (Å²) in [6.07, 6.45) is 6.42. The van der Waals surface area contributed by atoms with Crippen molar-refractivity contribution in [2.24, 2.45) is 5.92 Å². The summed E-state index contributed by atoms with van der Waals surface area (Å²) >= 11 is 0. The second-order valence-electron chi connectivity index (χ2n) is 8.60. The Labute approximate surface area is 166 Å². The summed E-state index contributed by atoms with van der Waals surface area (Å²) in [5.74, 6) is 0.828. The summed E-state index contributed by atoms with van der Waals surface area (Å²) in [6.45, 7) is 1.06. The monoisotopic (exact) mass is 377 g/mol. The zero-order valence-corrected chi connectivity index (χ0v) is 16.1. The van der Waals surface area contributed by atoms with Gasteiger partial charge in [-0.1, -0.05) is 49.2 Å². The average molecular weight is 377 g/mol. The third kappa shape index (κ3) is 2.78. The Morgan fingerprint density at radius 2 is 2.00 bits per heavy atom. The van der Waals surface area contributed by atoms with Crippen molar-refractivity contribution in [3.8, 4) is 5.75 Å². The minimum atomic E-state index is -0.185. The van der Waals surface area contributed by atoms with Gasteiger partial charge in [0, 0.05) is 18.0 Å². The number of amides is 1. The van der Waals surface area contributed by atoms with Crippen molar-refractivity contribution < 1.29 is 14.6 Å². The highest BCUT2D eigenvalue weighted by Crippen LogP contribution is 2.56. The quantitative estimate of drug-likeness (QED) is 0.819. The molecule has 1 saturated carbocycles. The van der Waals surface area contributed by atoms with Crippen LogP contribution in [0.5, 0.6) is 5.75 Å². The van der Waals surface area contributed by atoms with Crippen LogP contribution in [0.4, 0.5) is 4.79 Å². The maximum Gasteiger partial charge on any atom is 0.410 e. The number of phenols is 1. The van der Waals surface area contributed by atoms with Crippen LogP contribution in [0, 0.1) is 5.92 Å². The largest absolute Gasteiger partial charge is 0.508 e. The second kappa shape index (κ2) is 6.84. The highest BCUT2D eigenvalue weighted by Gasteiger charge is 2.55. The van der Waals surface area contributed by atoms with E-state index in [1.54, 1.807) is 6.07 Å². The smallest absolute Gasteiger partial charge is 0.410 e. The third-order valence-corrected chi connectivity index (χ3v) is 7.26. The van der Waals surface area contributed by atoms with Gasteiger partial charge in [-0.15, -0.1) is 0 Å². The predicted octanol–water partition coefficient (Wildman–Crippen LogP) is 4.79. The number of carbonyl (C=O) groups is 1. The van der Waals surface area contributed by atoms with Crippen molar-refractivity contribution >= 4 is 6.09 Å². The molecule has 4 nitrogen and oxygen atoms in total. The topological polar surface area (TPSA) is 49.8 Å². The van der Waals surface area contributed by atoms with Crippen molar-refractivity contribution in [2.75, 3.05) is 6.54 Å². The van der Waals surface area contributed by atoms with Gasteiger partial charge in [-0.25, -0.2) is 4.79 Å². The van der Waals surface area contributed by atoms with E-state index in [9.17, 15) is 9.90 Å². The molecule has 2 aromatic carbocycles. The Kier molecular flexibility index (Phi) is 4.30. The fourth-order valence-corrected chi connectivity index (χ4v) is 6.02. The molecule has 0 aromatic heterocycles. The number of rotatable bonds is 2. The number of ether oxygens (including phenoxy) is 1. The lowest BCUT2D eigenvalue weighted by molar-refractivity contribution is -0.0137. The van der Waals surface area contributed by atoms with E-state index in [2.05, 4.69) is 6.07 Å². The van der Waals surface area contributed by atoms with E-state index in [0.29, 0.717) is 18.3 Å². The fourth-order valence-electron chi connectivity index (χ4n) is 6.02. The molecule has 146 valence electrons. The number of phenolic OH excluding ortho intramolecular Hbond substituents is 1. The molecule has 2 aromatic rings. The lowest BCUT2D eigenvalue weighted by atomic mass is 9.52. The first-order chi connectivity index (χ1) is 13.7. The van der Waals surface area contributed by atoms with Gasteiger partial charge >= 0.3 is 6.09 Å². The van der Waals surface area contributed by atoms with E-state index in [4.69, 9.17) is 4.74 Å². The summed E-state index contributed by atoms with van der Waals surface area (Å²) in [7, 11) is 0. The Balaban J connectivity index is 1.42. The third-order valence-electron chi connectivity index (χ3n) is 7.26. The number of benzene rings is 2. The fraction of sp³-hybridized carbons (Fsp3) is 0.458. The molecule has 1 amide bonds. The van der Waals surface area contributed by atoms with Crippen molar-refractivity contribution in [2.45, 2.75) is 56.6 Å². The molecule has 2 fully saturated rings. The number of aromatic hydroxyl groups is 1. The van der Waals surface area contributed by atoms with Gasteiger partial charge in [-0.3, -0.25) is 0 Å². The lowest BCUT2D eigenvalue weighted by Gasteiger charge is -2.58. The van der Waals surface area contributed by atoms with E-state index in [1.165, 1.54) is 24.0 Å². The highest BCUT2D eigenvalue weighted by atomic mass is 16.6. The van der Waals surface area contributed by atoms with Gasteiger partial charge < -0.3 is 14.7 Å². The summed E-state index contributed by atoms with van der Waals surface area (Å²) in [5, 5.41) is 10.1. The molecule has 28 heavy (non-hydrogen) atoms. The van der Waals surface area contributed by atoms with Crippen molar-refractivity contribution in [3.63, 3.8) is 0 Å². The van der Waals surface area contributed by atoms with Crippen LogP contribution in [0.15, 0.2) is 48.5 Å². The maximum atomic E-state index is 13.0. The number of nitrogens with zero attached hydrogens (tertiary/aromatic N) is 1. The van der Waals surface area contributed by atoms with Gasteiger partial charge in [0.1, 0.15) is 12.4 Å². The Bertz CT molecular complexity index is 881. The maximum absolute atomic E-state index is 13.0. The first kappa shape index (κ1) is 17.6. The standard InChI is InChI=1S/C24H27NO3/c26-19-10-9-18-14-22-20-8-4-5-11-24(20,21(18)15-19)12-13-25(22)23(27)28-16-17-6-2-1-3-7-17/h1-3,6-7,9-10,15,20,22,26H,4-5,8,11-14,16H2/t20-,22+,24-/m1/s1. The van der Waals surface area contributed by atoms with Gasteiger partial charge in [0.25, 0.3) is 0 Å². The van der Waals surface area contributed by atoms with Crippen molar-refractivity contribution in [1.29, 1.82) is 0 Å². The number of likely N-dealkylation sites (tertiary alicyclic amines) is 1. The molecule has 2 aliphatic carbocycles. The Hall–Kier alpha value is -2.49. The van der Waals surface area contributed by atoms with Gasteiger partial charge in [-0.2, -0.15) is 0 Å². The normalized spacial score (nSPS) is 28.2. The Morgan fingerprint density at radius 1 is 1.14 bits per heavy atom. The Morgan fingerprint density at radius 3 is 2.86 bits per heavy atom. The van der Waals surface area contributed by atoms with Crippen LogP contribution in [0.1, 0.15) is 48.8 Å². The SMILES string of the molecule is O=C(OCc1ccccc1)N1CC[C@]23CCCC[C@@H]2[C@@H]1Cc1ccc(O)cc13. The van der Waals surface area contributed by atoms with E-state index < -0.39 is 0 Å². The molecule has 3 atom stereocenters. The van der Waals surface area contributed by atoms with Gasteiger partial charge in [0.05, 0.1) is 0 Å². The summed E-state index contributed by atoms with van der Waals surface area (Å²) in [5.41, 5.74) is 3.77. The summed E-state index contributed by atoms with van der Waals surface area (Å²) in [6, 6.07) is 15.9. The zero-order valence-electron chi connectivity index (χ0n) is 16.1. The van der Waals surface area contributed by atoms with Crippen LogP contribution in [0.25, 0.3) is 0 Å². The summed E-state index contributed by atoms with van der Waals surface area (Å²) < 4.78 is 5.69. The average Bonchev–Trinajstić information content (AvgIpc) is 2.73.